The molecule has 2 rings (SSSR count). The zero-order chi connectivity index (χ0) is 14.0. The maximum absolute atomic E-state index is 14.0. The van der Waals surface area contributed by atoms with Crippen LogP contribution in [0.25, 0.3) is 0 Å². The first-order valence-electron chi connectivity index (χ1n) is 6.32. The first-order valence-corrected chi connectivity index (χ1v) is 8.14. The number of aliphatic hydroxyl groups is 1. The van der Waals surface area contributed by atoms with Gasteiger partial charge in [0.1, 0.15) is 5.82 Å². The van der Waals surface area contributed by atoms with Gasteiger partial charge in [-0.3, -0.25) is 0 Å². The van der Waals surface area contributed by atoms with Gasteiger partial charge in [-0.05, 0) is 31.0 Å². The summed E-state index contributed by atoms with van der Waals surface area (Å²) in [5.41, 5.74) is 0.921. The Labute approximate surface area is 112 Å². The van der Waals surface area contributed by atoms with Crippen molar-refractivity contribution >= 4 is 15.5 Å². The second-order valence-corrected chi connectivity index (χ2v) is 7.18. The summed E-state index contributed by atoms with van der Waals surface area (Å²) in [6.07, 6.45) is -0.201. The van der Waals surface area contributed by atoms with Gasteiger partial charge >= 0.3 is 0 Å². The number of sulfone groups is 1. The molecule has 1 fully saturated rings. The fourth-order valence-corrected chi connectivity index (χ4v) is 3.49. The van der Waals surface area contributed by atoms with Crippen molar-refractivity contribution in [3.63, 3.8) is 0 Å². The molecule has 19 heavy (non-hydrogen) atoms. The lowest BCUT2D eigenvalue weighted by Gasteiger charge is -2.23. The van der Waals surface area contributed by atoms with Crippen LogP contribution in [0, 0.1) is 5.82 Å². The van der Waals surface area contributed by atoms with Gasteiger partial charge in [-0.15, -0.1) is 0 Å². The summed E-state index contributed by atoms with van der Waals surface area (Å²) in [5.74, 6) is -0.195. The van der Waals surface area contributed by atoms with Crippen LogP contribution < -0.4 is 4.90 Å². The molecule has 0 amide bonds. The van der Waals surface area contributed by atoms with E-state index in [1.165, 1.54) is 6.07 Å². The van der Waals surface area contributed by atoms with Gasteiger partial charge < -0.3 is 10.0 Å². The maximum atomic E-state index is 14.0. The van der Waals surface area contributed by atoms with E-state index >= 15 is 0 Å². The Hall–Kier alpha value is -1.14. The summed E-state index contributed by atoms with van der Waals surface area (Å²) >= 11 is 0. The van der Waals surface area contributed by atoms with Crippen molar-refractivity contribution in [3.05, 3.63) is 29.6 Å². The Morgan fingerprint density at radius 2 is 2.05 bits per heavy atom. The van der Waals surface area contributed by atoms with Crippen LogP contribution in [0.2, 0.25) is 0 Å². The first kappa shape index (κ1) is 14.3. The van der Waals surface area contributed by atoms with Crippen LogP contribution in [0.15, 0.2) is 18.2 Å². The molecule has 1 aromatic carbocycles. The van der Waals surface area contributed by atoms with E-state index < -0.39 is 21.8 Å². The van der Waals surface area contributed by atoms with Gasteiger partial charge in [0, 0.05) is 13.1 Å². The van der Waals surface area contributed by atoms with Gasteiger partial charge in [0.25, 0.3) is 0 Å². The van der Waals surface area contributed by atoms with Gasteiger partial charge in [-0.2, -0.15) is 0 Å². The molecule has 0 aromatic heterocycles. The molecule has 1 heterocycles. The van der Waals surface area contributed by atoms with E-state index in [4.69, 9.17) is 0 Å². The van der Waals surface area contributed by atoms with Crippen molar-refractivity contribution < 1.29 is 17.9 Å². The van der Waals surface area contributed by atoms with Crippen LogP contribution in [-0.2, 0) is 9.84 Å². The van der Waals surface area contributed by atoms with E-state index in [2.05, 4.69) is 0 Å². The average molecular weight is 287 g/mol. The Morgan fingerprint density at radius 1 is 1.32 bits per heavy atom. The molecule has 1 atom stereocenters. The lowest BCUT2D eigenvalue weighted by atomic mass is 10.1. The first-order chi connectivity index (χ1) is 8.89. The molecule has 0 spiro atoms. The molecule has 0 unspecified atom stereocenters. The van der Waals surface area contributed by atoms with E-state index in [1.54, 1.807) is 24.0 Å². The van der Waals surface area contributed by atoms with Gasteiger partial charge in [0.05, 0.1) is 23.3 Å². The van der Waals surface area contributed by atoms with Crippen molar-refractivity contribution in [1.29, 1.82) is 0 Å². The van der Waals surface area contributed by atoms with E-state index in [-0.39, 0.29) is 11.5 Å². The van der Waals surface area contributed by atoms with Crippen LogP contribution in [0.5, 0.6) is 0 Å². The smallest absolute Gasteiger partial charge is 0.152 e. The minimum atomic E-state index is -3.00. The molecule has 0 aliphatic carbocycles. The lowest BCUT2D eigenvalue weighted by molar-refractivity contribution is 0.199. The molecule has 1 saturated heterocycles. The van der Waals surface area contributed by atoms with Gasteiger partial charge in [-0.1, -0.05) is 6.07 Å². The summed E-state index contributed by atoms with van der Waals surface area (Å²) in [7, 11) is -3.00. The topological polar surface area (TPSA) is 57.6 Å². The summed E-state index contributed by atoms with van der Waals surface area (Å²) < 4.78 is 37.1. The molecule has 0 bridgehead atoms. The standard InChI is InChI=1S/C13H18FNO3S/c1-10(16)11-3-4-13(12(14)9-11)15-5-2-7-19(17,18)8-6-15/h3-4,9-10,16H,2,5-8H2,1H3/t10-/m0/s1. The van der Waals surface area contributed by atoms with Crippen LogP contribution in [-0.4, -0.2) is 38.1 Å². The number of nitrogens with zero attached hydrogens (tertiary/aromatic N) is 1. The molecular formula is C13H18FNO3S. The van der Waals surface area contributed by atoms with Crippen LogP contribution >= 0.6 is 0 Å². The van der Waals surface area contributed by atoms with Crippen molar-refractivity contribution in [2.45, 2.75) is 19.4 Å². The van der Waals surface area contributed by atoms with E-state index in [1.807, 2.05) is 0 Å². The van der Waals surface area contributed by atoms with E-state index in [0.29, 0.717) is 30.8 Å². The van der Waals surface area contributed by atoms with Crippen molar-refractivity contribution in [2.24, 2.45) is 0 Å². The number of aliphatic hydroxyl groups excluding tert-OH is 1. The Bertz CT molecular complexity index is 557. The lowest BCUT2D eigenvalue weighted by Crippen LogP contribution is -2.27. The maximum Gasteiger partial charge on any atom is 0.152 e. The van der Waals surface area contributed by atoms with Crippen LogP contribution in [0.1, 0.15) is 25.0 Å². The fraction of sp³-hybridized carbons (Fsp3) is 0.538. The predicted molar refractivity (Wildman–Crippen MR) is 72.5 cm³/mol. The second kappa shape index (κ2) is 5.46. The third-order valence-corrected chi connectivity index (χ3v) is 5.07. The Morgan fingerprint density at radius 3 is 2.68 bits per heavy atom. The molecule has 0 radical (unpaired) electrons. The van der Waals surface area contributed by atoms with E-state index in [9.17, 15) is 17.9 Å². The molecule has 1 aliphatic heterocycles. The summed E-state index contributed by atoms with van der Waals surface area (Å²) in [6.45, 7) is 2.42. The van der Waals surface area contributed by atoms with Gasteiger partial charge in [0.15, 0.2) is 9.84 Å². The normalized spacial score (nSPS) is 20.9. The third-order valence-electron chi connectivity index (χ3n) is 3.35. The average Bonchev–Trinajstić information content (AvgIpc) is 2.50. The van der Waals surface area contributed by atoms with Crippen molar-refractivity contribution in [1.82, 2.24) is 0 Å². The number of anilines is 1. The van der Waals surface area contributed by atoms with Gasteiger partial charge in [-0.25, -0.2) is 12.8 Å². The minimum Gasteiger partial charge on any atom is -0.389 e. The minimum absolute atomic E-state index is 0.0601. The summed E-state index contributed by atoms with van der Waals surface area (Å²) in [5, 5.41) is 9.40. The quantitative estimate of drug-likeness (QED) is 0.895. The van der Waals surface area contributed by atoms with Crippen molar-refractivity contribution in [2.75, 3.05) is 29.5 Å². The van der Waals surface area contributed by atoms with Crippen molar-refractivity contribution in [3.8, 4) is 0 Å². The number of rotatable bonds is 2. The molecule has 0 saturated carbocycles. The molecule has 1 aliphatic rings. The Balaban J connectivity index is 2.22. The fourth-order valence-electron chi connectivity index (χ4n) is 2.22. The molecule has 1 aromatic rings. The highest BCUT2D eigenvalue weighted by Gasteiger charge is 2.21. The molecule has 106 valence electrons. The predicted octanol–water partition coefficient (Wildman–Crippen LogP) is 1.50. The highest BCUT2D eigenvalue weighted by molar-refractivity contribution is 7.91. The number of halogens is 1. The molecule has 1 N–H and O–H groups in total. The van der Waals surface area contributed by atoms with Crippen LogP contribution in [0.3, 0.4) is 0 Å². The molecule has 6 heteroatoms. The zero-order valence-electron chi connectivity index (χ0n) is 10.8. The highest BCUT2D eigenvalue weighted by Crippen LogP contribution is 2.24. The molecule has 4 nitrogen and oxygen atoms in total. The number of hydrogen-bond acceptors (Lipinski definition) is 4. The molecular weight excluding hydrogens is 269 g/mol. The van der Waals surface area contributed by atoms with Crippen LogP contribution in [0.4, 0.5) is 10.1 Å². The van der Waals surface area contributed by atoms with Gasteiger partial charge in [0.2, 0.25) is 0 Å². The number of benzene rings is 1. The largest absolute Gasteiger partial charge is 0.389 e. The monoisotopic (exact) mass is 287 g/mol. The second-order valence-electron chi connectivity index (χ2n) is 4.88. The summed E-state index contributed by atoms with van der Waals surface area (Å²) in [4.78, 5) is 1.76. The third kappa shape index (κ3) is 3.45. The van der Waals surface area contributed by atoms with E-state index in [0.717, 1.165) is 0 Å². The zero-order valence-corrected chi connectivity index (χ0v) is 11.7. The highest BCUT2D eigenvalue weighted by atomic mass is 32.2. The summed E-state index contributed by atoms with van der Waals surface area (Å²) in [6, 6.07) is 4.58. The Kier molecular flexibility index (Phi) is 4.10. The number of hydrogen-bond donors (Lipinski definition) is 1. The SMILES string of the molecule is C[C@H](O)c1ccc(N2CCCS(=O)(=O)CC2)c(F)c1.